The summed E-state index contributed by atoms with van der Waals surface area (Å²) in [4.78, 5) is 24.8. The lowest BCUT2D eigenvalue weighted by Crippen LogP contribution is -2.39. The third kappa shape index (κ3) is 3.85. The molecule has 0 radical (unpaired) electrons. The molecule has 3 aromatic rings. The second-order valence-corrected chi connectivity index (χ2v) is 6.88. The molecule has 10 heteroatoms. The molecule has 0 aromatic carbocycles. The van der Waals surface area contributed by atoms with Crippen LogP contribution in [0.2, 0.25) is 0 Å². The lowest BCUT2D eigenvalue weighted by molar-refractivity contribution is 0.204. The molecule has 0 bridgehead atoms. The minimum atomic E-state index is -0.506. The highest BCUT2D eigenvalue weighted by Gasteiger charge is 2.33. The molecule has 0 unspecified atom stereocenters. The van der Waals surface area contributed by atoms with Crippen LogP contribution in [0, 0.1) is 12.3 Å². The zero-order valence-corrected chi connectivity index (χ0v) is 14.9. The predicted molar refractivity (Wildman–Crippen MR) is 93.0 cm³/mol. The number of nitrogens with one attached hydrogen (secondary N) is 3. The Hall–Kier alpha value is -3.30. The molecule has 26 heavy (non-hydrogen) atoms. The third-order valence-corrected chi connectivity index (χ3v) is 3.73. The maximum atomic E-state index is 12.5. The number of rotatable bonds is 4. The Morgan fingerprint density at radius 3 is 2.81 bits per heavy atom. The fraction of sp³-hybridized carbons (Fsp3) is 0.375. The minimum Gasteiger partial charge on any atom is -0.337 e. The number of hydrogen-bond donors (Lipinski definition) is 3. The van der Waals surface area contributed by atoms with Gasteiger partial charge in [0.25, 0.3) is 0 Å². The molecule has 3 N–H and O–H groups in total. The molecule has 0 aliphatic rings. The van der Waals surface area contributed by atoms with E-state index in [0.29, 0.717) is 11.5 Å². The van der Waals surface area contributed by atoms with Crippen molar-refractivity contribution >= 4 is 11.7 Å². The number of carbonyl (C=O) groups excluding carboxylic acids is 1. The Labute approximate surface area is 149 Å². The maximum Gasteiger partial charge on any atom is 0.319 e. The average Bonchev–Trinajstić information content (AvgIpc) is 3.25. The molecule has 0 saturated carbocycles. The van der Waals surface area contributed by atoms with E-state index in [0.717, 1.165) is 5.56 Å². The van der Waals surface area contributed by atoms with Crippen LogP contribution < -0.4 is 10.6 Å². The van der Waals surface area contributed by atoms with E-state index in [2.05, 4.69) is 40.9 Å². The molecule has 0 spiro atoms. The molecular formula is C16H20N8O2. The Kier molecular flexibility index (Phi) is 4.65. The molecule has 3 rings (SSSR count). The van der Waals surface area contributed by atoms with E-state index in [1.807, 2.05) is 27.7 Å². The highest BCUT2D eigenvalue weighted by atomic mass is 16.5. The van der Waals surface area contributed by atoms with E-state index in [1.165, 1.54) is 6.33 Å². The van der Waals surface area contributed by atoms with Gasteiger partial charge >= 0.3 is 6.03 Å². The van der Waals surface area contributed by atoms with Gasteiger partial charge in [0.05, 0.1) is 0 Å². The molecule has 10 nitrogen and oxygen atoms in total. The topological polar surface area (TPSA) is 135 Å². The molecule has 0 aliphatic heterocycles. The van der Waals surface area contributed by atoms with Gasteiger partial charge in [0.2, 0.25) is 11.7 Å². The van der Waals surface area contributed by atoms with E-state index in [9.17, 15) is 4.79 Å². The van der Waals surface area contributed by atoms with Crippen molar-refractivity contribution in [3.63, 3.8) is 0 Å². The molecule has 0 saturated heterocycles. The second kappa shape index (κ2) is 6.90. The average molecular weight is 356 g/mol. The van der Waals surface area contributed by atoms with E-state index in [-0.39, 0.29) is 23.2 Å². The number of amides is 2. The molecule has 0 aliphatic carbocycles. The van der Waals surface area contributed by atoms with Crippen LogP contribution >= 0.6 is 0 Å². The number of pyridine rings is 1. The smallest absolute Gasteiger partial charge is 0.319 e. The number of aromatic nitrogens is 6. The summed E-state index contributed by atoms with van der Waals surface area (Å²) >= 11 is 0. The Bertz CT molecular complexity index is 882. The molecule has 3 aromatic heterocycles. The van der Waals surface area contributed by atoms with Gasteiger partial charge in [0.15, 0.2) is 5.82 Å². The zero-order valence-electron chi connectivity index (χ0n) is 14.9. The van der Waals surface area contributed by atoms with Gasteiger partial charge in [-0.3, -0.25) is 10.1 Å². The fourth-order valence-electron chi connectivity index (χ4n) is 2.31. The van der Waals surface area contributed by atoms with Crippen molar-refractivity contribution in [1.82, 2.24) is 35.6 Å². The van der Waals surface area contributed by atoms with E-state index < -0.39 is 6.04 Å². The van der Waals surface area contributed by atoms with E-state index in [1.54, 1.807) is 18.5 Å². The first kappa shape index (κ1) is 17.5. The number of aromatic amines is 1. The highest BCUT2D eigenvalue weighted by molar-refractivity contribution is 5.90. The maximum absolute atomic E-state index is 12.5. The van der Waals surface area contributed by atoms with Crippen molar-refractivity contribution < 1.29 is 9.32 Å². The van der Waals surface area contributed by atoms with Crippen LogP contribution in [0.25, 0.3) is 11.6 Å². The number of H-pyrrole nitrogens is 1. The van der Waals surface area contributed by atoms with Crippen LogP contribution in [0.1, 0.15) is 38.3 Å². The molecule has 136 valence electrons. The van der Waals surface area contributed by atoms with Gasteiger partial charge in [-0.05, 0) is 24.0 Å². The summed E-state index contributed by atoms with van der Waals surface area (Å²) in [5, 5.41) is 16.0. The van der Waals surface area contributed by atoms with Crippen LogP contribution in [-0.2, 0) is 0 Å². The van der Waals surface area contributed by atoms with Crippen LogP contribution in [0.3, 0.4) is 0 Å². The number of nitrogens with zero attached hydrogens (tertiary/aromatic N) is 5. The summed E-state index contributed by atoms with van der Waals surface area (Å²) in [6, 6.07) is 0.850. The van der Waals surface area contributed by atoms with Crippen molar-refractivity contribution in [2.75, 3.05) is 5.32 Å². The summed E-state index contributed by atoms with van der Waals surface area (Å²) in [5.41, 5.74) is 1.17. The molecule has 1 atom stereocenters. The third-order valence-electron chi connectivity index (χ3n) is 3.73. The summed E-state index contributed by atoms with van der Waals surface area (Å²) in [5.74, 6) is 0.953. The molecule has 0 fully saturated rings. The standard InChI is InChI=1S/C16H20N8O2/c1-9-7-17-6-5-10(9)20-15(25)21-11(16(2,3)4)14-22-13(24-26-14)12-18-8-19-23-12/h5-8,11H,1-4H3,(H,18,19,23)(H2,17,20,21,25)/t11-/m1/s1. The van der Waals surface area contributed by atoms with Gasteiger partial charge in [0.1, 0.15) is 12.4 Å². The van der Waals surface area contributed by atoms with Crippen molar-refractivity contribution in [3.05, 3.63) is 36.2 Å². The SMILES string of the molecule is Cc1cnccc1NC(=O)N[C@H](c1nc(-c2ncn[nH]2)no1)C(C)(C)C. The monoisotopic (exact) mass is 356 g/mol. The number of hydrogen-bond acceptors (Lipinski definition) is 7. The molecular weight excluding hydrogens is 336 g/mol. The summed E-state index contributed by atoms with van der Waals surface area (Å²) in [7, 11) is 0. The molecule has 3 heterocycles. The van der Waals surface area contributed by atoms with Crippen molar-refractivity contribution in [3.8, 4) is 11.6 Å². The number of aryl methyl sites for hydroxylation is 1. The number of anilines is 1. The largest absolute Gasteiger partial charge is 0.337 e. The highest BCUT2D eigenvalue weighted by Crippen LogP contribution is 2.32. The Morgan fingerprint density at radius 1 is 1.35 bits per heavy atom. The second-order valence-electron chi connectivity index (χ2n) is 6.88. The fourth-order valence-corrected chi connectivity index (χ4v) is 2.31. The lowest BCUT2D eigenvalue weighted by Gasteiger charge is -2.28. The van der Waals surface area contributed by atoms with Crippen molar-refractivity contribution in [2.45, 2.75) is 33.7 Å². The zero-order chi connectivity index (χ0) is 18.7. The number of urea groups is 1. The van der Waals surface area contributed by atoms with Crippen LogP contribution in [-0.4, -0.2) is 36.3 Å². The van der Waals surface area contributed by atoms with Gasteiger partial charge in [0, 0.05) is 18.1 Å². The van der Waals surface area contributed by atoms with Crippen LogP contribution in [0.4, 0.5) is 10.5 Å². The first-order valence-corrected chi connectivity index (χ1v) is 8.02. The van der Waals surface area contributed by atoms with Crippen LogP contribution in [0.15, 0.2) is 29.3 Å². The van der Waals surface area contributed by atoms with Gasteiger partial charge in [-0.15, -0.1) is 0 Å². The summed E-state index contributed by atoms with van der Waals surface area (Å²) < 4.78 is 5.35. The predicted octanol–water partition coefficient (Wildman–Crippen LogP) is 2.47. The van der Waals surface area contributed by atoms with Gasteiger partial charge < -0.3 is 15.2 Å². The lowest BCUT2D eigenvalue weighted by atomic mass is 9.86. The Morgan fingerprint density at radius 2 is 2.15 bits per heavy atom. The van der Waals surface area contributed by atoms with Gasteiger partial charge in [-0.25, -0.2) is 9.78 Å². The van der Waals surface area contributed by atoms with Crippen molar-refractivity contribution in [1.29, 1.82) is 0 Å². The normalized spacial score (nSPS) is 12.6. The quantitative estimate of drug-likeness (QED) is 0.653. The van der Waals surface area contributed by atoms with E-state index >= 15 is 0 Å². The summed E-state index contributed by atoms with van der Waals surface area (Å²) in [6.07, 6.45) is 4.65. The first-order valence-electron chi connectivity index (χ1n) is 8.02. The minimum absolute atomic E-state index is 0.277. The van der Waals surface area contributed by atoms with E-state index in [4.69, 9.17) is 4.52 Å². The van der Waals surface area contributed by atoms with Gasteiger partial charge in [-0.2, -0.15) is 10.1 Å². The van der Waals surface area contributed by atoms with Crippen molar-refractivity contribution in [2.24, 2.45) is 5.41 Å². The summed E-state index contributed by atoms with van der Waals surface area (Å²) in [6.45, 7) is 7.77. The number of carbonyl (C=O) groups is 1. The van der Waals surface area contributed by atoms with Crippen LogP contribution in [0.5, 0.6) is 0 Å². The van der Waals surface area contributed by atoms with Gasteiger partial charge in [-0.1, -0.05) is 25.9 Å². The Balaban J connectivity index is 1.79. The first-order chi connectivity index (χ1) is 12.3. The molecule has 2 amide bonds.